The number of nitrogens with one attached hydrogen (secondary N) is 2. The minimum atomic E-state index is -4.09. The molecule has 3 aromatic carbocycles. The summed E-state index contributed by atoms with van der Waals surface area (Å²) in [7, 11) is -2.79. The largest absolute Gasteiger partial charge is 0.495 e. The van der Waals surface area contributed by atoms with Crippen molar-refractivity contribution in [3.8, 4) is 5.75 Å². The van der Waals surface area contributed by atoms with Gasteiger partial charge in [-0.15, -0.1) is 0 Å². The third-order valence-electron chi connectivity index (χ3n) is 5.24. The molecule has 9 nitrogen and oxygen atoms in total. The number of sulfonamides is 1. The zero-order valence-electron chi connectivity index (χ0n) is 19.4. The summed E-state index contributed by atoms with van der Waals surface area (Å²) < 4.78 is 60.1. The molecule has 0 saturated carbocycles. The van der Waals surface area contributed by atoms with Crippen LogP contribution in [0.2, 0.25) is 0 Å². The number of hydrogen-bond donors (Lipinski definition) is 2. The van der Waals surface area contributed by atoms with Gasteiger partial charge in [0.1, 0.15) is 22.3 Å². The smallest absolute Gasteiger partial charge is 0.269 e. The summed E-state index contributed by atoms with van der Waals surface area (Å²) in [5.74, 6) is -1.78. The van der Waals surface area contributed by atoms with Crippen LogP contribution in [0.1, 0.15) is 23.1 Å². The Morgan fingerprint density at radius 3 is 2.33 bits per heavy atom. The van der Waals surface area contributed by atoms with Gasteiger partial charge in [0, 0.05) is 31.2 Å². The van der Waals surface area contributed by atoms with Gasteiger partial charge >= 0.3 is 0 Å². The molecule has 1 amide bonds. The maximum Gasteiger partial charge on any atom is 0.269 e. The monoisotopic (exact) mass is 519 g/mol. The summed E-state index contributed by atoms with van der Waals surface area (Å²) >= 11 is 0. The number of non-ortho nitro benzene ring substituents is 1. The Kier molecular flexibility index (Phi) is 8.20. The minimum absolute atomic E-state index is 0.0399. The van der Waals surface area contributed by atoms with Gasteiger partial charge in [0.2, 0.25) is 5.91 Å². The third kappa shape index (κ3) is 6.75. The van der Waals surface area contributed by atoms with Gasteiger partial charge in [0.05, 0.1) is 17.7 Å². The molecule has 0 aliphatic carbocycles. The van der Waals surface area contributed by atoms with E-state index >= 15 is 0 Å². The Bertz CT molecular complexity index is 1390. The predicted molar refractivity (Wildman–Crippen MR) is 128 cm³/mol. The van der Waals surface area contributed by atoms with E-state index in [1.54, 1.807) is 6.92 Å². The van der Waals surface area contributed by atoms with Crippen LogP contribution in [0.15, 0.2) is 59.5 Å². The fraction of sp³-hybridized carbons (Fsp3) is 0.208. The van der Waals surface area contributed by atoms with Crippen molar-refractivity contribution in [1.29, 1.82) is 0 Å². The number of rotatable bonds is 10. The average Bonchev–Trinajstić information content (AvgIpc) is 2.81. The number of aryl methyl sites for hydroxylation is 2. The average molecular weight is 520 g/mol. The molecule has 2 N–H and O–H groups in total. The van der Waals surface area contributed by atoms with Crippen LogP contribution in [-0.2, 0) is 27.8 Å². The van der Waals surface area contributed by atoms with Crippen molar-refractivity contribution >= 4 is 27.3 Å². The second kappa shape index (κ2) is 11.1. The molecule has 0 aliphatic rings. The number of amides is 1. The molecule has 190 valence electrons. The number of halogens is 2. The summed E-state index contributed by atoms with van der Waals surface area (Å²) in [5, 5.41) is 13.5. The van der Waals surface area contributed by atoms with Crippen LogP contribution in [0, 0.1) is 28.7 Å². The molecule has 12 heteroatoms. The highest BCUT2D eigenvalue weighted by atomic mass is 32.2. The Morgan fingerprint density at radius 2 is 1.72 bits per heavy atom. The number of anilines is 1. The number of nitro groups is 1. The molecule has 0 saturated heterocycles. The fourth-order valence-electron chi connectivity index (χ4n) is 3.43. The number of ether oxygens (including phenoxy) is 1. The van der Waals surface area contributed by atoms with E-state index in [2.05, 4.69) is 10.0 Å². The van der Waals surface area contributed by atoms with Crippen molar-refractivity contribution in [3.63, 3.8) is 0 Å². The molecular weight excluding hydrogens is 496 g/mol. The Labute approximate surface area is 206 Å². The van der Waals surface area contributed by atoms with E-state index in [1.807, 2.05) is 0 Å². The topological polar surface area (TPSA) is 128 Å². The molecule has 0 aliphatic heterocycles. The maximum absolute atomic E-state index is 13.3. The predicted octanol–water partition coefficient (Wildman–Crippen LogP) is 4.24. The molecule has 0 fully saturated rings. The SMILES string of the molecule is COc1cc(CCC(=O)NCc2cc(F)cc(F)c2)ccc1S(=O)(=O)Nc1ccc([N+](=O)[O-])cc1C. The van der Waals surface area contributed by atoms with E-state index in [-0.39, 0.29) is 52.9 Å². The zero-order valence-corrected chi connectivity index (χ0v) is 20.2. The highest BCUT2D eigenvalue weighted by molar-refractivity contribution is 7.92. The van der Waals surface area contributed by atoms with Crippen molar-refractivity contribution in [1.82, 2.24) is 5.32 Å². The van der Waals surface area contributed by atoms with E-state index in [0.717, 1.165) is 18.2 Å². The molecule has 0 unspecified atom stereocenters. The zero-order chi connectivity index (χ0) is 26.5. The lowest BCUT2D eigenvalue weighted by molar-refractivity contribution is -0.384. The number of hydrogen-bond acceptors (Lipinski definition) is 6. The molecule has 0 heterocycles. The summed E-state index contributed by atoms with van der Waals surface area (Å²) in [5.41, 5.74) is 1.30. The number of carbonyl (C=O) groups is 1. The minimum Gasteiger partial charge on any atom is -0.495 e. The van der Waals surface area contributed by atoms with Gasteiger partial charge in [-0.2, -0.15) is 0 Å². The van der Waals surface area contributed by atoms with Crippen LogP contribution in [0.25, 0.3) is 0 Å². The van der Waals surface area contributed by atoms with Crippen LogP contribution >= 0.6 is 0 Å². The number of methoxy groups -OCH3 is 1. The van der Waals surface area contributed by atoms with E-state index in [9.17, 15) is 32.1 Å². The highest BCUT2D eigenvalue weighted by Gasteiger charge is 2.22. The van der Waals surface area contributed by atoms with Crippen LogP contribution in [0.5, 0.6) is 5.75 Å². The van der Waals surface area contributed by atoms with Crippen molar-refractivity contribution in [3.05, 3.63) is 93.0 Å². The number of carbonyl (C=O) groups excluding carboxylic acids is 1. The molecule has 0 bridgehead atoms. The van der Waals surface area contributed by atoms with Gasteiger partial charge in [-0.3, -0.25) is 19.6 Å². The Hall–Kier alpha value is -4.06. The van der Waals surface area contributed by atoms with Crippen LogP contribution in [-0.4, -0.2) is 26.4 Å². The lowest BCUT2D eigenvalue weighted by Crippen LogP contribution is -2.23. The van der Waals surface area contributed by atoms with Gasteiger partial charge in [-0.1, -0.05) is 6.07 Å². The maximum atomic E-state index is 13.3. The molecule has 0 aromatic heterocycles. The molecule has 36 heavy (non-hydrogen) atoms. The Morgan fingerprint density at radius 1 is 1.03 bits per heavy atom. The normalized spacial score (nSPS) is 11.1. The molecule has 3 aromatic rings. The third-order valence-corrected chi connectivity index (χ3v) is 6.64. The van der Waals surface area contributed by atoms with Gasteiger partial charge in [-0.25, -0.2) is 17.2 Å². The lowest BCUT2D eigenvalue weighted by atomic mass is 10.1. The quantitative estimate of drug-likeness (QED) is 0.305. The van der Waals surface area contributed by atoms with Crippen molar-refractivity contribution in [2.24, 2.45) is 0 Å². The molecule has 0 spiro atoms. The van der Waals surface area contributed by atoms with E-state index in [1.165, 1.54) is 43.5 Å². The second-order valence-electron chi connectivity index (χ2n) is 7.90. The van der Waals surface area contributed by atoms with Crippen molar-refractivity contribution < 1.29 is 31.7 Å². The number of nitro benzene ring substituents is 1. The van der Waals surface area contributed by atoms with Crippen molar-refractivity contribution in [2.75, 3.05) is 11.8 Å². The standard InChI is InChI=1S/C24H23F2N3O6S/c1-15-9-20(29(31)32)5-6-21(15)28-36(33,34)23-7-3-16(12-22(23)35-2)4-8-24(30)27-14-17-10-18(25)13-19(26)11-17/h3,5-7,9-13,28H,4,8,14H2,1-2H3,(H,27,30). The first-order chi connectivity index (χ1) is 17.0. The highest BCUT2D eigenvalue weighted by Crippen LogP contribution is 2.29. The summed E-state index contributed by atoms with van der Waals surface area (Å²) in [6.45, 7) is 1.50. The molecule has 3 rings (SSSR count). The van der Waals surface area contributed by atoms with Crippen LogP contribution in [0.3, 0.4) is 0 Å². The molecule has 0 radical (unpaired) electrons. The van der Waals surface area contributed by atoms with E-state index in [0.29, 0.717) is 11.1 Å². The van der Waals surface area contributed by atoms with E-state index in [4.69, 9.17) is 4.74 Å². The second-order valence-corrected chi connectivity index (χ2v) is 9.55. The molecular formula is C24H23F2N3O6S. The van der Waals surface area contributed by atoms with Crippen LogP contribution in [0.4, 0.5) is 20.2 Å². The first-order valence-electron chi connectivity index (χ1n) is 10.6. The summed E-state index contributed by atoms with van der Waals surface area (Å²) in [6, 6.07) is 11.1. The summed E-state index contributed by atoms with van der Waals surface area (Å²) in [4.78, 5) is 22.3. The molecule has 0 atom stereocenters. The number of benzene rings is 3. The van der Waals surface area contributed by atoms with Gasteiger partial charge < -0.3 is 10.1 Å². The number of nitrogens with zero attached hydrogens (tertiary/aromatic N) is 1. The Balaban J connectivity index is 1.66. The first kappa shape index (κ1) is 26.5. The van der Waals surface area contributed by atoms with Gasteiger partial charge in [0.25, 0.3) is 15.7 Å². The first-order valence-corrected chi connectivity index (χ1v) is 12.1. The van der Waals surface area contributed by atoms with E-state index < -0.39 is 26.6 Å². The van der Waals surface area contributed by atoms with Gasteiger partial charge in [-0.05, 0) is 60.4 Å². The van der Waals surface area contributed by atoms with Crippen LogP contribution < -0.4 is 14.8 Å². The van der Waals surface area contributed by atoms with Gasteiger partial charge in [0.15, 0.2) is 0 Å². The fourth-order valence-corrected chi connectivity index (χ4v) is 4.71. The summed E-state index contributed by atoms with van der Waals surface area (Å²) in [6.07, 6.45) is 0.308. The lowest BCUT2D eigenvalue weighted by Gasteiger charge is -2.14. The van der Waals surface area contributed by atoms with Crippen molar-refractivity contribution in [2.45, 2.75) is 31.2 Å².